The van der Waals surface area contributed by atoms with Gasteiger partial charge in [0.05, 0.1) is 6.61 Å². The first-order valence-electron chi connectivity index (χ1n) is 3.33. The Morgan fingerprint density at radius 2 is 2.36 bits per heavy atom. The van der Waals surface area contributed by atoms with E-state index in [-0.39, 0.29) is 6.47 Å². The molecule has 1 N–H and O–H groups in total. The molecular weight excluding hydrogens is 150 g/mol. The minimum atomic E-state index is -0.745. The van der Waals surface area contributed by atoms with E-state index in [2.05, 4.69) is 9.57 Å². The lowest BCUT2D eigenvalue weighted by molar-refractivity contribution is -0.134. The van der Waals surface area contributed by atoms with E-state index in [1.807, 2.05) is 6.92 Å². The Bertz CT molecular complexity index is 126. The van der Waals surface area contributed by atoms with Gasteiger partial charge in [-0.15, -0.1) is 5.48 Å². The van der Waals surface area contributed by atoms with Crippen molar-refractivity contribution in [2.45, 2.75) is 19.8 Å². The Morgan fingerprint density at radius 3 is 2.91 bits per heavy atom. The zero-order valence-electron chi connectivity index (χ0n) is 6.33. The maximum absolute atomic E-state index is 10.5. The number of carbonyl (C=O) groups is 2. The standard InChI is InChI=1S/C6H11NO4/c1-2-3-4-10-6(9)7-11-5-8/h5H,2-4H2,1H3,(H,7,9). The highest BCUT2D eigenvalue weighted by molar-refractivity contribution is 5.66. The molecule has 0 aliphatic rings. The molecule has 0 aromatic heterocycles. The summed E-state index contributed by atoms with van der Waals surface area (Å²) in [7, 11) is 0. The van der Waals surface area contributed by atoms with Gasteiger partial charge in [-0.2, -0.15) is 0 Å². The van der Waals surface area contributed by atoms with E-state index in [4.69, 9.17) is 0 Å². The maximum Gasteiger partial charge on any atom is 0.440 e. The molecule has 0 saturated heterocycles. The molecule has 0 aliphatic heterocycles. The first-order valence-corrected chi connectivity index (χ1v) is 3.33. The predicted octanol–water partition coefficient (Wildman–Crippen LogP) is 0.601. The molecule has 11 heavy (non-hydrogen) atoms. The van der Waals surface area contributed by atoms with E-state index in [0.717, 1.165) is 12.8 Å². The monoisotopic (exact) mass is 161 g/mol. The van der Waals surface area contributed by atoms with E-state index in [0.29, 0.717) is 6.61 Å². The van der Waals surface area contributed by atoms with Gasteiger partial charge in [0.1, 0.15) is 0 Å². The summed E-state index contributed by atoms with van der Waals surface area (Å²) >= 11 is 0. The van der Waals surface area contributed by atoms with E-state index in [1.54, 1.807) is 5.48 Å². The Morgan fingerprint density at radius 1 is 1.64 bits per heavy atom. The SMILES string of the molecule is CCCCOC(=O)NOC=O. The van der Waals surface area contributed by atoms with Crippen molar-refractivity contribution in [3.05, 3.63) is 0 Å². The third-order valence-corrected chi connectivity index (χ3v) is 0.921. The summed E-state index contributed by atoms with van der Waals surface area (Å²) in [5.74, 6) is 0. The lowest BCUT2D eigenvalue weighted by Crippen LogP contribution is -2.24. The molecule has 0 aromatic rings. The average molecular weight is 161 g/mol. The van der Waals surface area contributed by atoms with Crippen molar-refractivity contribution >= 4 is 12.6 Å². The van der Waals surface area contributed by atoms with E-state index in [9.17, 15) is 9.59 Å². The quantitative estimate of drug-likeness (QED) is 0.364. The molecule has 0 heterocycles. The number of rotatable bonds is 5. The van der Waals surface area contributed by atoms with Gasteiger partial charge in [-0.1, -0.05) is 13.3 Å². The maximum atomic E-state index is 10.5. The van der Waals surface area contributed by atoms with Crippen molar-refractivity contribution in [2.24, 2.45) is 0 Å². The summed E-state index contributed by atoms with van der Waals surface area (Å²) in [6, 6.07) is 0. The first-order chi connectivity index (χ1) is 5.31. The number of hydrogen-bond donors (Lipinski definition) is 1. The molecule has 5 heteroatoms. The molecule has 0 radical (unpaired) electrons. The molecule has 0 unspecified atom stereocenters. The van der Waals surface area contributed by atoms with Crippen LogP contribution in [0.2, 0.25) is 0 Å². The fourth-order valence-electron chi connectivity index (χ4n) is 0.411. The van der Waals surface area contributed by atoms with Crippen LogP contribution >= 0.6 is 0 Å². The summed E-state index contributed by atoms with van der Waals surface area (Å²) in [5.41, 5.74) is 1.76. The van der Waals surface area contributed by atoms with Gasteiger partial charge in [-0.3, -0.25) is 4.79 Å². The molecule has 0 fully saturated rings. The topological polar surface area (TPSA) is 64.6 Å². The molecule has 0 rings (SSSR count). The zero-order chi connectivity index (χ0) is 8.53. The molecule has 5 nitrogen and oxygen atoms in total. The molecule has 0 spiro atoms. The van der Waals surface area contributed by atoms with E-state index >= 15 is 0 Å². The van der Waals surface area contributed by atoms with Gasteiger partial charge in [0.15, 0.2) is 0 Å². The smallest absolute Gasteiger partial charge is 0.440 e. The van der Waals surface area contributed by atoms with Crippen LogP contribution in [0, 0.1) is 0 Å². The van der Waals surface area contributed by atoms with Gasteiger partial charge < -0.3 is 9.57 Å². The van der Waals surface area contributed by atoms with Gasteiger partial charge in [0.25, 0.3) is 0 Å². The van der Waals surface area contributed by atoms with Crippen LogP contribution in [-0.4, -0.2) is 19.2 Å². The molecule has 0 saturated carbocycles. The minimum absolute atomic E-state index is 0.112. The largest absolute Gasteiger partial charge is 0.447 e. The van der Waals surface area contributed by atoms with Crippen LogP contribution in [0.15, 0.2) is 0 Å². The molecule has 0 bridgehead atoms. The van der Waals surface area contributed by atoms with Crippen LogP contribution in [0.3, 0.4) is 0 Å². The van der Waals surface area contributed by atoms with Gasteiger partial charge in [0, 0.05) is 0 Å². The second-order valence-corrected chi connectivity index (χ2v) is 1.81. The predicted molar refractivity (Wildman–Crippen MR) is 36.5 cm³/mol. The van der Waals surface area contributed by atoms with Gasteiger partial charge in [-0.05, 0) is 6.42 Å². The Kier molecular flexibility index (Phi) is 6.07. The third-order valence-electron chi connectivity index (χ3n) is 0.921. The summed E-state index contributed by atoms with van der Waals surface area (Å²) in [6.45, 7) is 2.43. The number of unbranched alkanes of at least 4 members (excludes halogenated alkanes) is 1. The Balaban J connectivity index is 3.15. The molecule has 1 amide bonds. The normalized spacial score (nSPS) is 8.45. The number of ether oxygens (including phenoxy) is 1. The van der Waals surface area contributed by atoms with Gasteiger partial charge >= 0.3 is 12.6 Å². The van der Waals surface area contributed by atoms with E-state index < -0.39 is 6.09 Å². The highest BCUT2D eigenvalue weighted by Crippen LogP contribution is 1.87. The van der Waals surface area contributed by atoms with Crippen molar-refractivity contribution in [2.75, 3.05) is 6.61 Å². The van der Waals surface area contributed by atoms with Crippen molar-refractivity contribution < 1.29 is 19.2 Å². The number of amides is 1. The summed E-state index contributed by atoms with van der Waals surface area (Å²) in [4.78, 5) is 23.9. The van der Waals surface area contributed by atoms with Crippen LogP contribution < -0.4 is 5.48 Å². The van der Waals surface area contributed by atoms with Gasteiger partial charge in [0.2, 0.25) is 0 Å². The van der Waals surface area contributed by atoms with Crippen molar-refractivity contribution in [1.82, 2.24) is 5.48 Å². The highest BCUT2D eigenvalue weighted by atomic mass is 16.7. The molecular formula is C6H11NO4. The summed E-state index contributed by atoms with van der Waals surface area (Å²) < 4.78 is 4.55. The zero-order valence-corrected chi connectivity index (χ0v) is 6.33. The minimum Gasteiger partial charge on any atom is -0.447 e. The van der Waals surface area contributed by atoms with Crippen LogP contribution in [-0.2, 0) is 14.4 Å². The second kappa shape index (κ2) is 6.85. The molecule has 0 aromatic carbocycles. The number of hydroxylamine groups is 1. The fourth-order valence-corrected chi connectivity index (χ4v) is 0.411. The average Bonchev–Trinajstić information content (AvgIpc) is 2.01. The molecule has 0 atom stereocenters. The molecule has 0 aliphatic carbocycles. The lowest BCUT2D eigenvalue weighted by Gasteiger charge is -2.02. The van der Waals surface area contributed by atoms with Crippen molar-refractivity contribution in [3.63, 3.8) is 0 Å². The van der Waals surface area contributed by atoms with Crippen LogP contribution in [0.4, 0.5) is 4.79 Å². The van der Waals surface area contributed by atoms with Crippen LogP contribution in [0.1, 0.15) is 19.8 Å². The second-order valence-electron chi connectivity index (χ2n) is 1.81. The summed E-state index contributed by atoms with van der Waals surface area (Å²) in [5, 5.41) is 0. The van der Waals surface area contributed by atoms with Crippen molar-refractivity contribution in [1.29, 1.82) is 0 Å². The van der Waals surface area contributed by atoms with Crippen molar-refractivity contribution in [3.8, 4) is 0 Å². The Labute approximate surface area is 64.6 Å². The number of carbonyl (C=O) groups excluding carboxylic acids is 2. The van der Waals surface area contributed by atoms with E-state index in [1.165, 1.54) is 0 Å². The highest BCUT2D eigenvalue weighted by Gasteiger charge is 1.98. The lowest BCUT2D eigenvalue weighted by atomic mass is 10.4. The van der Waals surface area contributed by atoms with Gasteiger partial charge in [-0.25, -0.2) is 4.79 Å². The third kappa shape index (κ3) is 6.63. The van der Waals surface area contributed by atoms with Crippen LogP contribution in [0.25, 0.3) is 0 Å². The fraction of sp³-hybridized carbons (Fsp3) is 0.667. The molecule has 64 valence electrons. The first kappa shape index (κ1) is 9.74. The Hall–Kier alpha value is -1.26. The number of nitrogens with one attached hydrogen (secondary N) is 1. The number of hydrogen-bond acceptors (Lipinski definition) is 4. The van der Waals surface area contributed by atoms with Crippen LogP contribution in [0.5, 0.6) is 0 Å². The summed E-state index contributed by atoms with van der Waals surface area (Å²) in [6.07, 6.45) is 1.00.